The summed E-state index contributed by atoms with van der Waals surface area (Å²) in [7, 11) is 0. The Balaban J connectivity index is 1.52. The molecule has 7 nitrogen and oxygen atoms in total. The molecule has 2 N–H and O–H groups in total. The SMILES string of the molecule is Cc1c(NC(=O)C(F)(F)F)cccc1Nc1ncnc(N2CCc3cc(Br)ccc3C2)n1. The molecule has 1 aliphatic rings. The Morgan fingerprint density at radius 2 is 1.91 bits per heavy atom. The van der Waals surface area contributed by atoms with Crippen LogP contribution in [0.15, 0.2) is 47.2 Å². The molecule has 0 aliphatic carbocycles. The van der Waals surface area contributed by atoms with Crippen LogP contribution in [-0.4, -0.2) is 33.6 Å². The summed E-state index contributed by atoms with van der Waals surface area (Å²) in [4.78, 5) is 26.2. The molecule has 1 aromatic heterocycles. The molecule has 11 heteroatoms. The van der Waals surface area contributed by atoms with E-state index in [-0.39, 0.29) is 11.6 Å². The Labute approximate surface area is 190 Å². The van der Waals surface area contributed by atoms with Crippen molar-refractivity contribution in [2.75, 3.05) is 22.1 Å². The summed E-state index contributed by atoms with van der Waals surface area (Å²) in [5.41, 5.74) is 3.40. The molecule has 0 spiro atoms. The van der Waals surface area contributed by atoms with E-state index in [9.17, 15) is 18.0 Å². The molecule has 0 saturated carbocycles. The van der Waals surface area contributed by atoms with E-state index >= 15 is 0 Å². The predicted molar refractivity (Wildman–Crippen MR) is 118 cm³/mol. The lowest BCUT2D eigenvalue weighted by Crippen LogP contribution is -2.32. The average Bonchev–Trinajstić information content (AvgIpc) is 2.75. The van der Waals surface area contributed by atoms with Crippen LogP contribution in [0.3, 0.4) is 0 Å². The number of aromatic nitrogens is 3. The Bertz CT molecular complexity index is 1170. The minimum absolute atomic E-state index is 0.0467. The van der Waals surface area contributed by atoms with E-state index in [1.807, 2.05) is 16.3 Å². The standard InChI is InChI=1S/C21H18BrF3N6O/c1-12-16(28-18(32)21(23,24)25)3-2-4-17(12)29-19-26-11-27-20(30-19)31-8-7-13-9-15(22)6-5-14(13)10-31/h2-6,9,11H,7-8,10H2,1H3,(H,28,32)(H,26,27,29,30). The smallest absolute Gasteiger partial charge is 0.336 e. The van der Waals surface area contributed by atoms with Gasteiger partial charge in [0.1, 0.15) is 6.33 Å². The van der Waals surface area contributed by atoms with Crippen LogP contribution in [0.5, 0.6) is 0 Å². The summed E-state index contributed by atoms with van der Waals surface area (Å²) in [5.74, 6) is -1.29. The van der Waals surface area contributed by atoms with Crippen LogP contribution in [0.25, 0.3) is 0 Å². The molecule has 0 radical (unpaired) electrons. The molecular formula is C21H18BrF3N6O. The number of fused-ring (bicyclic) bond motifs is 1. The first kappa shape index (κ1) is 22.0. The van der Waals surface area contributed by atoms with Crippen LogP contribution < -0.4 is 15.5 Å². The Morgan fingerprint density at radius 1 is 1.12 bits per heavy atom. The molecule has 0 unspecified atom stereocenters. The van der Waals surface area contributed by atoms with Gasteiger partial charge in [-0.25, -0.2) is 9.97 Å². The monoisotopic (exact) mass is 506 g/mol. The van der Waals surface area contributed by atoms with Crippen LogP contribution in [0, 0.1) is 6.92 Å². The van der Waals surface area contributed by atoms with Gasteiger partial charge in [-0.2, -0.15) is 18.2 Å². The van der Waals surface area contributed by atoms with Crippen molar-refractivity contribution in [3.05, 3.63) is 63.9 Å². The molecule has 1 amide bonds. The second kappa shape index (κ2) is 8.73. The van der Waals surface area contributed by atoms with Gasteiger partial charge in [-0.3, -0.25) is 4.79 Å². The minimum Gasteiger partial charge on any atom is -0.336 e. The molecule has 2 aromatic carbocycles. The number of nitrogens with zero attached hydrogens (tertiary/aromatic N) is 4. The number of benzene rings is 2. The van der Waals surface area contributed by atoms with E-state index in [0.29, 0.717) is 23.7 Å². The summed E-state index contributed by atoms with van der Waals surface area (Å²) in [5, 5.41) is 4.89. The third-order valence-corrected chi connectivity index (χ3v) is 5.60. The molecule has 1 aliphatic heterocycles. The summed E-state index contributed by atoms with van der Waals surface area (Å²) >= 11 is 3.49. The highest BCUT2D eigenvalue weighted by atomic mass is 79.9. The maximum absolute atomic E-state index is 12.6. The highest BCUT2D eigenvalue weighted by Gasteiger charge is 2.38. The van der Waals surface area contributed by atoms with Gasteiger partial charge in [0.25, 0.3) is 0 Å². The topological polar surface area (TPSA) is 83.0 Å². The zero-order valence-electron chi connectivity index (χ0n) is 16.9. The van der Waals surface area contributed by atoms with E-state index in [2.05, 4.69) is 48.3 Å². The van der Waals surface area contributed by atoms with Crippen molar-refractivity contribution in [2.45, 2.75) is 26.1 Å². The second-order valence-electron chi connectivity index (χ2n) is 7.25. The van der Waals surface area contributed by atoms with E-state index in [0.717, 1.165) is 17.4 Å². The van der Waals surface area contributed by atoms with Gasteiger partial charge < -0.3 is 15.5 Å². The van der Waals surface area contributed by atoms with Gasteiger partial charge in [-0.05, 0) is 54.3 Å². The number of anilines is 4. The molecular weight excluding hydrogens is 489 g/mol. The van der Waals surface area contributed by atoms with Crippen molar-refractivity contribution >= 4 is 45.1 Å². The Hall–Kier alpha value is -3.21. The molecule has 0 atom stereocenters. The van der Waals surface area contributed by atoms with Crippen molar-refractivity contribution in [1.82, 2.24) is 15.0 Å². The van der Waals surface area contributed by atoms with Crippen molar-refractivity contribution in [1.29, 1.82) is 0 Å². The molecule has 0 bridgehead atoms. The highest BCUT2D eigenvalue weighted by Crippen LogP contribution is 2.28. The van der Waals surface area contributed by atoms with Crippen LogP contribution in [0.2, 0.25) is 0 Å². The maximum atomic E-state index is 12.6. The molecule has 32 heavy (non-hydrogen) atoms. The van der Waals surface area contributed by atoms with Gasteiger partial charge in [0, 0.05) is 28.9 Å². The fourth-order valence-electron chi connectivity index (χ4n) is 3.41. The fourth-order valence-corrected chi connectivity index (χ4v) is 3.82. The Kier molecular flexibility index (Phi) is 6.00. The first-order valence-corrected chi connectivity index (χ1v) is 10.5. The van der Waals surface area contributed by atoms with Crippen LogP contribution in [-0.2, 0) is 17.8 Å². The van der Waals surface area contributed by atoms with E-state index < -0.39 is 12.1 Å². The molecule has 3 aromatic rings. The predicted octanol–water partition coefficient (Wildman–Crippen LogP) is 4.75. The lowest BCUT2D eigenvalue weighted by Gasteiger charge is -2.29. The van der Waals surface area contributed by atoms with Crippen LogP contribution >= 0.6 is 15.9 Å². The van der Waals surface area contributed by atoms with E-state index in [4.69, 9.17) is 0 Å². The summed E-state index contributed by atoms with van der Waals surface area (Å²) in [6.07, 6.45) is -2.74. The third kappa shape index (κ3) is 4.82. The maximum Gasteiger partial charge on any atom is 0.471 e. The van der Waals surface area contributed by atoms with Gasteiger partial charge >= 0.3 is 12.1 Å². The van der Waals surface area contributed by atoms with Gasteiger partial charge in [-0.15, -0.1) is 0 Å². The first-order chi connectivity index (χ1) is 15.2. The summed E-state index contributed by atoms with van der Waals surface area (Å²) in [6.45, 7) is 2.99. The Morgan fingerprint density at radius 3 is 2.69 bits per heavy atom. The normalized spacial score (nSPS) is 13.5. The number of carbonyl (C=O) groups is 1. The number of rotatable bonds is 4. The number of alkyl halides is 3. The molecule has 4 rings (SSSR count). The number of carbonyl (C=O) groups excluding carboxylic acids is 1. The number of hydrogen-bond donors (Lipinski definition) is 2. The van der Waals surface area contributed by atoms with Crippen molar-refractivity contribution in [2.24, 2.45) is 0 Å². The number of halogens is 4. The number of nitrogens with one attached hydrogen (secondary N) is 2. The fraction of sp³-hybridized carbons (Fsp3) is 0.238. The molecule has 0 fully saturated rings. The van der Waals surface area contributed by atoms with Crippen molar-refractivity contribution in [3.63, 3.8) is 0 Å². The zero-order chi connectivity index (χ0) is 22.9. The zero-order valence-corrected chi connectivity index (χ0v) is 18.5. The van der Waals surface area contributed by atoms with Crippen molar-refractivity contribution < 1.29 is 18.0 Å². The molecule has 2 heterocycles. The van der Waals surface area contributed by atoms with E-state index in [1.165, 1.54) is 29.6 Å². The molecule has 166 valence electrons. The van der Waals surface area contributed by atoms with Gasteiger partial charge in [0.05, 0.1) is 0 Å². The van der Waals surface area contributed by atoms with E-state index in [1.54, 1.807) is 13.0 Å². The average molecular weight is 507 g/mol. The number of hydrogen-bond acceptors (Lipinski definition) is 6. The van der Waals surface area contributed by atoms with Gasteiger partial charge in [0.2, 0.25) is 11.9 Å². The summed E-state index contributed by atoms with van der Waals surface area (Å²) < 4.78 is 38.8. The minimum atomic E-state index is -4.97. The first-order valence-electron chi connectivity index (χ1n) is 9.67. The third-order valence-electron chi connectivity index (χ3n) is 5.11. The molecule has 0 saturated heterocycles. The highest BCUT2D eigenvalue weighted by molar-refractivity contribution is 9.10. The second-order valence-corrected chi connectivity index (χ2v) is 8.16. The van der Waals surface area contributed by atoms with Gasteiger partial charge in [-0.1, -0.05) is 28.1 Å². The quantitative estimate of drug-likeness (QED) is 0.531. The number of amides is 1. The van der Waals surface area contributed by atoms with Crippen molar-refractivity contribution in [3.8, 4) is 0 Å². The lowest BCUT2D eigenvalue weighted by atomic mass is 10.0. The lowest BCUT2D eigenvalue weighted by molar-refractivity contribution is -0.167. The van der Waals surface area contributed by atoms with Crippen LogP contribution in [0.1, 0.15) is 16.7 Å². The summed E-state index contributed by atoms with van der Waals surface area (Å²) in [6, 6.07) is 10.8. The largest absolute Gasteiger partial charge is 0.471 e. The van der Waals surface area contributed by atoms with Gasteiger partial charge in [0.15, 0.2) is 0 Å². The van der Waals surface area contributed by atoms with Crippen LogP contribution in [0.4, 0.5) is 36.4 Å².